The van der Waals surface area contributed by atoms with Crippen LogP contribution < -0.4 is 5.43 Å². The van der Waals surface area contributed by atoms with Crippen molar-refractivity contribution >= 4 is 16.7 Å². The van der Waals surface area contributed by atoms with Gasteiger partial charge in [-0.05, 0) is 42.3 Å². The van der Waals surface area contributed by atoms with Gasteiger partial charge in [-0.3, -0.25) is 10.2 Å². The minimum atomic E-state index is -4.63. The minimum Gasteiger partial charge on any atom is -0.287 e. The first-order valence-corrected chi connectivity index (χ1v) is 7.72. The van der Waals surface area contributed by atoms with Gasteiger partial charge in [-0.15, -0.1) is 0 Å². The predicted octanol–water partition coefficient (Wildman–Crippen LogP) is 3.83. The number of carbonyl (C=O) groups is 1. The van der Waals surface area contributed by atoms with Crippen molar-refractivity contribution in [1.29, 1.82) is 5.26 Å². The molecule has 1 heterocycles. The number of hydrazine groups is 1. The van der Waals surface area contributed by atoms with Gasteiger partial charge < -0.3 is 0 Å². The van der Waals surface area contributed by atoms with Gasteiger partial charge in [0, 0.05) is 12.0 Å². The molecular weight excluding hydrogens is 331 g/mol. The van der Waals surface area contributed by atoms with Crippen LogP contribution in [-0.2, 0) is 4.79 Å². The summed E-state index contributed by atoms with van der Waals surface area (Å²) in [5, 5.41) is 11.1. The summed E-state index contributed by atoms with van der Waals surface area (Å²) in [6.07, 6.45) is -4.67. The normalized spacial score (nSPS) is 18.8. The van der Waals surface area contributed by atoms with Gasteiger partial charge in [-0.25, -0.2) is 0 Å². The van der Waals surface area contributed by atoms with Crippen molar-refractivity contribution in [3.63, 3.8) is 0 Å². The zero-order valence-electron chi connectivity index (χ0n) is 13.7. The van der Waals surface area contributed by atoms with Crippen LogP contribution in [0.3, 0.4) is 0 Å². The molecular formula is C18H16F3N3O. The second-order valence-corrected chi connectivity index (χ2v) is 6.74. The number of nitriles is 1. The quantitative estimate of drug-likeness (QED) is 0.898. The van der Waals surface area contributed by atoms with E-state index < -0.39 is 23.7 Å². The van der Waals surface area contributed by atoms with Crippen molar-refractivity contribution in [3.8, 4) is 6.07 Å². The number of hydrogen-bond donors (Lipinski definition) is 1. The lowest BCUT2D eigenvalue weighted by molar-refractivity contribution is -0.203. The number of nitrogens with one attached hydrogen (secondary N) is 1. The predicted molar refractivity (Wildman–Crippen MR) is 86.1 cm³/mol. The molecule has 1 aliphatic heterocycles. The Kier molecular flexibility index (Phi) is 3.96. The Hall–Kier alpha value is -2.59. The fourth-order valence-corrected chi connectivity index (χ4v) is 3.31. The zero-order chi connectivity index (χ0) is 18.4. The van der Waals surface area contributed by atoms with Crippen LogP contribution >= 0.6 is 0 Å². The molecule has 25 heavy (non-hydrogen) atoms. The zero-order valence-corrected chi connectivity index (χ0v) is 13.7. The Morgan fingerprint density at radius 3 is 2.52 bits per heavy atom. The Balaban J connectivity index is 2.27. The van der Waals surface area contributed by atoms with Crippen LogP contribution in [-0.4, -0.2) is 22.6 Å². The summed E-state index contributed by atoms with van der Waals surface area (Å²) >= 11 is 0. The molecule has 2 aromatic rings. The molecule has 2 aromatic carbocycles. The SMILES string of the molecule is CC1(C)CC(=O)NN1C(c1cc(C#N)cc2ccccc12)C(F)(F)F. The highest BCUT2D eigenvalue weighted by molar-refractivity contribution is 5.88. The second kappa shape index (κ2) is 5.74. The average Bonchev–Trinajstić information content (AvgIpc) is 2.78. The maximum atomic E-state index is 14.0. The van der Waals surface area contributed by atoms with Crippen LogP contribution in [0.15, 0.2) is 36.4 Å². The van der Waals surface area contributed by atoms with E-state index in [-0.39, 0.29) is 17.5 Å². The third-order valence-electron chi connectivity index (χ3n) is 4.38. The molecule has 3 rings (SSSR count). The molecule has 1 fully saturated rings. The third kappa shape index (κ3) is 3.05. The molecule has 1 amide bonds. The number of nitrogens with zero attached hydrogens (tertiary/aromatic N) is 2. The number of rotatable bonds is 2. The van der Waals surface area contributed by atoms with Crippen molar-refractivity contribution < 1.29 is 18.0 Å². The molecule has 1 aliphatic rings. The van der Waals surface area contributed by atoms with Crippen LogP contribution in [0.25, 0.3) is 10.8 Å². The number of benzene rings is 2. The molecule has 1 atom stereocenters. The van der Waals surface area contributed by atoms with Crippen LogP contribution in [0.4, 0.5) is 13.2 Å². The fourth-order valence-electron chi connectivity index (χ4n) is 3.31. The van der Waals surface area contributed by atoms with E-state index in [2.05, 4.69) is 5.43 Å². The van der Waals surface area contributed by atoms with Crippen molar-refractivity contribution in [2.24, 2.45) is 0 Å². The summed E-state index contributed by atoms with van der Waals surface area (Å²) < 4.78 is 42.0. The molecule has 130 valence electrons. The van der Waals surface area contributed by atoms with E-state index in [0.29, 0.717) is 10.8 Å². The molecule has 0 bridgehead atoms. The van der Waals surface area contributed by atoms with Crippen molar-refractivity contribution in [3.05, 3.63) is 47.5 Å². The smallest absolute Gasteiger partial charge is 0.287 e. The van der Waals surface area contributed by atoms with E-state index in [4.69, 9.17) is 0 Å². The molecule has 0 spiro atoms. The number of alkyl halides is 3. The molecule has 1 N–H and O–H groups in total. The second-order valence-electron chi connectivity index (χ2n) is 6.74. The summed E-state index contributed by atoms with van der Waals surface area (Å²) in [7, 11) is 0. The molecule has 0 radical (unpaired) electrons. The van der Waals surface area contributed by atoms with E-state index in [1.54, 1.807) is 44.2 Å². The standard InChI is InChI=1S/C18H16F3N3O/c1-17(2)9-15(25)23-24(17)16(18(19,20)21)14-8-11(10-22)7-12-5-3-4-6-13(12)14/h3-8,16H,9H2,1-2H3,(H,23,25). The highest BCUT2D eigenvalue weighted by Gasteiger charge is 2.53. The topological polar surface area (TPSA) is 56.1 Å². The Morgan fingerprint density at radius 1 is 1.28 bits per heavy atom. The van der Waals surface area contributed by atoms with Crippen molar-refractivity contribution in [2.45, 2.75) is 38.0 Å². The van der Waals surface area contributed by atoms with Gasteiger partial charge in [0.1, 0.15) is 0 Å². The van der Waals surface area contributed by atoms with Crippen molar-refractivity contribution in [1.82, 2.24) is 10.4 Å². The number of fused-ring (bicyclic) bond motifs is 1. The monoisotopic (exact) mass is 347 g/mol. The average molecular weight is 347 g/mol. The lowest BCUT2D eigenvalue weighted by Crippen LogP contribution is -2.51. The first-order valence-electron chi connectivity index (χ1n) is 7.72. The minimum absolute atomic E-state index is 0.0323. The van der Waals surface area contributed by atoms with Crippen LogP contribution in [0, 0.1) is 11.3 Å². The summed E-state index contributed by atoms with van der Waals surface area (Å²) in [5.41, 5.74) is 1.43. The Labute approximate surface area is 142 Å². The van der Waals surface area contributed by atoms with Crippen LogP contribution in [0.5, 0.6) is 0 Å². The first kappa shape index (κ1) is 17.2. The van der Waals surface area contributed by atoms with Gasteiger partial charge in [0.05, 0.1) is 11.6 Å². The highest BCUT2D eigenvalue weighted by atomic mass is 19.4. The Bertz CT molecular complexity index is 883. The van der Waals surface area contributed by atoms with E-state index in [0.717, 1.165) is 5.01 Å². The number of carbonyl (C=O) groups excluding carboxylic acids is 1. The van der Waals surface area contributed by atoms with Gasteiger partial charge in [-0.1, -0.05) is 24.3 Å². The van der Waals surface area contributed by atoms with Gasteiger partial charge in [0.15, 0.2) is 6.04 Å². The lowest BCUT2D eigenvalue weighted by atomic mass is 9.92. The number of hydrogen-bond acceptors (Lipinski definition) is 3. The molecule has 1 saturated heterocycles. The highest BCUT2D eigenvalue weighted by Crippen LogP contribution is 2.44. The summed E-state index contributed by atoms with van der Waals surface area (Å²) in [6, 6.07) is 9.29. The largest absolute Gasteiger partial charge is 0.409 e. The summed E-state index contributed by atoms with van der Waals surface area (Å²) in [5.74, 6) is -0.458. The molecule has 1 unspecified atom stereocenters. The van der Waals surface area contributed by atoms with E-state index >= 15 is 0 Å². The molecule has 7 heteroatoms. The lowest BCUT2D eigenvalue weighted by Gasteiger charge is -2.38. The first-order chi connectivity index (χ1) is 11.6. The fraction of sp³-hybridized carbons (Fsp3) is 0.333. The van der Waals surface area contributed by atoms with Crippen LogP contribution in [0.2, 0.25) is 0 Å². The molecule has 0 aromatic heterocycles. The van der Waals surface area contributed by atoms with E-state index in [1.165, 1.54) is 6.07 Å². The maximum Gasteiger partial charge on any atom is 0.409 e. The molecule has 0 saturated carbocycles. The van der Waals surface area contributed by atoms with E-state index in [1.807, 2.05) is 6.07 Å². The third-order valence-corrected chi connectivity index (χ3v) is 4.38. The number of amides is 1. The number of halogens is 3. The van der Waals surface area contributed by atoms with Gasteiger partial charge in [0.25, 0.3) is 0 Å². The summed E-state index contributed by atoms with van der Waals surface area (Å²) in [4.78, 5) is 11.7. The van der Waals surface area contributed by atoms with Gasteiger partial charge >= 0.3 is 6.18 Å². The van der Waals surface area contributed by atoms with E-state index in [9.17, 15) is 23.2 Å². The molecule has 0 aliphatic carbocycles. The molecule has 4 nitrogen and oxygen atoms in total. The van der Waals surface area contributed by atoms with Gasteiger partial charge in [-0.2, -0.15) is 23.4 Å². The van der Waals surface area contributed by atoms with Crippen molar-refractivity contribution in [2.75, 3.05) is 0 Å². The van der Waals surface area contributed by atoms with Crippen LogP contribution in [0.1, 0.15) is 37.4 Å². The maximum absolute atomic E-state index is 14.0. The summed E-state index contributed by atoms with van der Waals surface area (Å²) in [6.45, 7) is 3.17. The Morgan fingerprint density at radius 2 is 1.96 bits per heavy atom. The van der Waals surface area contributed by atoms with Gasteiger partial charge in [0.2, 0.25) is 5.91 Å².